The first-order valence-electron chi connectivity index (χ1n) is 11.4. The molecular formula is C23H30N6O6. The maximum atomic E-state index is 13.3. The Balaban J connectivity index is 1.69. The summed E-state index contributed by atoms with van der Waals surface area (Å²) in [5.41, 5.74) is 13.1. The Hall–Kier alpha value is -3.93. The first-order chi connectivity index (χ1) is 16.7. The van der Waals surface area contributed by atoms with Crippen LogP contribution in [0.2, 0.25) is 0 Å². The van der Waals surface area contributed by atoms with E-state index in [1.54, 1.807) is 6.20 Å². The second-order valence-corrected chi connectivity index (χ2v) is 8.54. The van der Waals surface area contributed by atoms with E-state index in [1.165, 1.54) is 4.90 Å². The maximum absolute atomic E-state index is 13.3. The fraction of sp³-hybridized carbons (Fsp3) is 0.435. The molecule has 1 aliphatic rings. The minimum absolute atomic E-state index is 0.0559. The van der Waals surface area contributed by atoms with Gasteiger partial charge in [-0.25, -0.2) is 0 Å². The van der Waals surface area contributed by atoms with Crippen molar-refractivity contribution in [3.8, 4) is 0 Å². The van der Waals surface area contributed by atoms with E-state index in [0.717, 1.165) is 16.5 Å². The molecule has 1 aliphatic heterocycles. The summed E-state index contributed by atoms with van der Waals surface area (Å²) in [6.07, 6.45) is 2.67. The van der Waals surface area contributed by atoms with Gasteiger partial charge < -0.3 is 37.1 Å². The Morgan fingerprint density at radius 2 is 1.94 bits per heavy atom. The third-order valence-electron chi connectivity index (χ3n) is 6.00. The van der Waals surface area contributed by atoms with Gasteiger partial charge in [0.25, 0.3) is 0 Å². The van der Waals surface area contributed by atoms with Gasteiger partial charge in [-0.1, -0.05) is 18.2 Å². The standard InChI is InChI=1S/C23H30N6O6/c24-15(10-13-11-26-16-5-2-1-4-14(13)16)21(33)28-17(7-8-19(25)30)23(35)29-9-3-6-18(29)22(34)27-12-20(31)32/h1-2,4-5,11,15,17-18,26H,3,6-10,12,24H2,(H2,25,30)(H,27,34)(H,28,33)(H,31,32). The van der Waals surface area contributed by atoms with Crippen molar-refractivity contribution in [3.05, 3.63) is 36.0 Å². The van der Waals surface area contributed by atoms with Gasteiger partial charge in [-0.05, 0) is 37.3 Å². The van der Waals surface area contributed by atoms with Gasteiger partial charge in [-0.2, -0.15) is 0 Å². The Bertz CT molecular complexity index is 1110. The van der Waals surface area contributed by atoms with Gasteiger partial charge in [-0.3, -0.25) is 24.0 Å². The molecule has 8 N–H and O–H groups in total. The molecule has 0 bridgehead atoms. The number of nitrogens with zero attached hydrogens (tertiary/aromatic N) is 1. The highest BCUT2D eigenvalue weighted by Gasteiger charge is 2.38. The van der Waals surface area contributed by atoms with Crippen molar-refractivity contribution in [3.63, 3.8) is 0 Å². The van der Waals surface area contributed by atoms with Crippen LogP contribution in [0.3, 0.4) is 0 Å². The largest absolute Gasteiger partial charge is 0.480 e. The highest BCUT2D eigenvalue weighted by Crippen LogP contribution is 2.21. The molecule has 0 radical (unpaired) electrons. The van der Waals surface area contributed by atoms with Crippen molar-refractivity contribution in [1.29, 1.82) is 0 Å². The summed E-state index contributed by atoms with van der Waals surface area (Å²) in [6, 6.07) is 4.63. The van der Waals surface area contributed by atoms with Crippen LogP contribution in [0, 0.1) is 0 Å². The number of likely N-dealkylation sites (tertiary alicyclic amines) is 1. The number of primary amides is 1. The quantitative estimate of drug-likeness (QED) is 0.233. The number of nitrogens with one attached hydrogen (secondary N) is 3. The molecule has 1 fully saturated rings. The average Bonchev–Trinajstić information content (AvgIpc) is 3.47. The lowest BCUT2D eigenvalue weighted by Crippen LogP contribution is -2.56. The van der Waals surface area contributed by atoms with Crippen LogP contribution >= 0.6 is 0 Å². The van der Waals surface area contributed by atoms with Crippen molar-refractivity contribution in [1.82, 2.24) is 20.5 Å². The molecule has 1 aromatic carbocycles. The molecule has 4 amide bonds. The summed E-state index contributed by atoms with van der Waals surface area (Å²) >= 11 is 0. The van der Waals surface area contributed by atoms with Crippen molar-refractivity contribution in [2.75, 3.05) is 13.1 Å². The van der Waals surface area contributed by atoms with Crippen LogP contribution in [-0.2, 0) is 30.4 Å². The lowest BCUT2D eigenvalue weighted by Gasteiger charge is -2.29. The summed E-state index contributed by atoms with van der Waals surface area (Å²) in [5, 5.41) is 14.6. The van der Waals surface area contributed by atoms with E-state index in [1.807, 2.05) is 24.3 Å². The number of nitrogens with two attached hydrogens (primary N) is 2. The predicted octanol–water partition coefficient (Wildman–Crippen LogP) is -1.02. The number of carboxylic acid groups (broad SMARTS) is 1. The van der Waals surface area contributed by atoms with E-state index in [4.69, 9.17) is 16.6 Å². The maximum Gasteiger partial charge on any atom is 0.322 e. The molecule has 3 atom stereocenters. The summed E-state index contributed by atoms with van der Waals surface area (Å²) < 4.78 is 0. The lowest BCUT2D eigenvalue weighted by molar-refractivity contribution is -0.143. The number of para-hydroxylation sites is 1. The number of hydrogen-bond acceptors (Lipinski definition) is 6. The summed E-state index contributed by atoms with van der Waals surface area (Å²) in [7, 11) is 0. The molecule has 3 rings (SSSR count). The first-order valence-corrected chi connectivity index (χ1v) is 11.4. The van der Waals surface area contributed by atoms with Crippen molar-refractivity contribution in [2.45, 2.75) is 50.2 Å². The molecule has 1 saturated heterocycles. The number of fused-ring (bicyclic) bond motifs is 1. The minimum Gasteiger partial charge on any atom is -0.480 e. The van der Waals surface area contributed by atoms with Crippen LogP contribution < -0.4 is 22.1 Å². The Morgan fingerprint density at radius 3 is 2.66 bits per heavy atom. The highest BCUT2D eigenvalue weighted by molar-refractivity contribution is 5.94. The van der Waals surface area contributed by atoms with Gasteiger partial charge in [-0.15, -0.1) is 0 Å². The van der Waals surface area contributed by atoms with Crippen LogP contribution in [0.25, 0.3) is 10.9 Å². The van der Waals surface area contributed by atoms with Gasteiger partial charge in [0.1, 0.15) is 18.6 Å². The fourth-order valence-electron chi connectivity index (χ4n) is 4.24. The zero-order chi connectivity index (χ0) is 25.5. The number of carbonyl (C=O) groups excluding carboxylic acids is 4. The topological polar surface area (TPSA) is 201 Å². The number of H-pyrrole nitrogens is 1. The monoisotopic (exact) mass is 486 g/mol. The van der Waals surface area contributed by atoms with Crippen molar-refractivity contribution in [2.24, 2.45) is 11.5 Å². The Labute approximate surface area is 201 Å². The van der Waals surface area contributed by atoms with E-state index in [2.05, 4.69) is 15.6 Å². The number of amides is 4. The van der Waals surface area contributed by atoms with Gasteiger partial charge >= 0.3 is 5.97 Å². The Kier molecular flexibility index (Phi) is 8.42. The molecule has 35 heavy (non-hydrogen) atoms. The summed E-state index contributed by atoms with van der Waals surface area (Å²) in [4.78, 5) is 65.1. The number of benzene rings is 1. The SMILES string of the molecule is NC(=O)CCC(NC(=O)C(N)Cc1c[nH]c2ccccc12)C(=O)N1CCCC1C(=O)NCC(=O)O. The molecule has 3 unspecified atom stereocenters. The number of hydrogen-bond donors (Lipinski definition) is 6. The van der Waals surface area contributed by atoms with E-state index >= 15 is 0 Å². The molecule has 12 nitrogen and oxygen atoms in total. The van der Waals surface area contributed by atoms with Gasteiger partial charge in [0.15, 0.2) is 0 Å². The smallest absolute Gasteiger partial charge is 0.322 e. The summed E-state index contributed by atoms with van der Waals surface area (Å²) in [6.45, 7) is -0.309. The Morgan fingerprint density at radius 1 is 1.20 bits per heavy atom. The molecule has 2 heterocycles. The zero-order valence-electron chi connectivity index (χ0n) is 19.2. The molecule has 1 aromatic heterocycles. The number of aliphatic carboxylic acids is 1. The normalized spacial score (nSPS) is 17.1. The van der Waals surface area contributed by atoms with Gasteiger partial charge in [0.05, 0.1) is 6.04 Å². The molecule has 188 valence electrons. The van der Waals surface area contributed by atoms with Crippen LogP contribution in [0.4, 0.5) is 0 Å². The number of rotatable bonds is 11. The fourth-order valence-corrected chi connectivity index (χ4v) is 4.24. The van der Waals surface area contributed by atoms with E-state index < -0.39 is 54.3 Å². The second kappa shape index (κ2) is 11.5. The third-order valence-corrected chi connectivity index (χ3v) is 6.00. The lowest BCUT2D eigenvalue weighted by atomic mass is 10.0. The second-order valence-electron chi connectivity index (χ2n) is 8.54. The van der Waals surface area contributed by atoms with Gasteiger partial charge in [0, 0.05) is 30.1 Å². The molecule has 2 aromatic rings. The number of carbonyl (C=O) groups is 5. The van der Waals surface area contributed by atoms with E-state index in [0.29, 0.717) is 12.8 Å². The highest BCUT2D eigenvalue weighted by atomic mass is 16.4. The number of aromatic amines is 1. The molecule has 0 spiro atoms. The third kappa shape index (κ3) is 6.57. The zero-order valence-corrected chi connectivity index (χ0v) is 19.2. The van der Waals surface area contributed by atoms with Crippen LogP contribution in [0.1, 0.15) is 31.2 Å². The van der Waals surface area contributed by atoms with Crippen LogP contribution in [0.15, 0.2) is 30.5 Å². The van der Waals surface area contributed by atoms with Crippen LogP contribution in [-0.4, -0.2) is 75.8 Å². The van der Waals surface area contributed by atoms with Crippen molar-refractivity contribution >= 4 is 40.5 Å². The number of carboxylic acids is 1. The molecule has 12 heteroatoms. The average molecular weight is 487 g/mol. The van der Waals surface area contributed by atoms with E-state index in [9.17, 15) is 24.0 Å². The first kappa shape index (κ1) is 25.7. The van der Waals surface area contributed by atoms with Crippen LogP contribution in [0.5, 0.6) is 0 Å². The van der Waals surface area contributed by atoms with Crippen molar-refractivity contribution < 1.29 is 29.1 Å². The summed E-state index contributed by atoms with van der Waals surface area (Å²) in [5.74, 6) is -3.56. The molecular weight excluding hydrogens is 456 g/mol. The van der Waals surface area contributed by atoms with Gasteiger partial charge in [0.2, 0.25) is 23.6 Å². The number of aromatic nitrogens is 1. The van der Waals surface area contributed by atoms with E-state index in [-0.39, 0.29) is 25.8 Å². The molecule has 0 saturated carbocycles. The molecule has 0 aliphatic carbocycles. The minimum atomic E-state index is -1.20. The predicted molar refractivity (Wildman–Crippen MR) is 126 cm³/mol.